The molecule has 0 aromatic heterocycles. The van der Waals surface area contributed by atoms with Gasteiger partial charge in [0.05, 0.1) is 0 Å². The van der Waals surface area contributed by atoms with Crippen molar-refractivity contribution < 1.29 is 14.7 Å². The average molecular weight is 241 g/mol. The number of nitrogens with zero attached hydrogens (tertiary/aromatic N) is 1. The van der Waals surface area contributed by atoms with Gasteiger partial charge in [-0.1, -0.05) is 20.8 Å². The van der Waals surface area contributed by atoms with Gasteiger partial charge in [-0.25, -0.2) is 4.79 Å². The molecular formula is C13H23NO3. The van der Waals surface area contributed by atoms with Crippen LogP contribution in [0.4, 0.5) is 0 Å². The topological polar surface area (TPSA) is 57.6 Å². The average Bonchev–Trinajstić information content (AvgIpc) is 2.12. The Kier molecular flexibility index (Phi) is 3.55. The van der Waals surface area contributed by atoms with Gasteiger partial charge in [0.1, 0.15) is 5.54 Å². The molecule has 2 unspecified atom stereocenters. The third-order valence-electron chi connectivity index (χ3n) is 3.87. The van der Waals surface area contributed by atoms with Crippen molar-refractivity contribution in [2.24, 2.45) is 11.3 Å². The van der Waals surface area contributed by atoms with E-state index >= 15 is 0 Å². The molecule has 1 amide bonds. The lowest BCUT2D eigenvalue weighted by molar-refractivity contribution is -0.164. The van der Waals surface area contributed by atoms with Crippen molar-refractivity contribution in [3.63, 3.8) is 0 Å². The third-order valence-corrected chi connectivity index (χ3v) is 3.87. The van der Waals surface area contributed by atoms with Crippen molar-refractivity contribution in [1.82, 2.24) is 4.90 Å². The smallest absolute Gasteiger partial charge is 0.329 e. The van der Waals surface area contributed by atoms with E-state index in [9.17, 15) is 14.7 Å². The monoisotopic (exact) mass is 241 g/mol. The Balaban J connectivity index is 3.15. The molecular weight excluding hydrogens is 218 g/mol. The number of rotatable bonds is 2. The third kappa shape index (κ3) is 2.61. The van der Waals surface area contributed by atoms with Crippen molar-refractivity contribution in [2.75, 3.05) is 7.05 Å². The summed E-state index contributed by atoms with van der Waals surface area (Å²) in [5.41, 5.74) is -1.08. The van der Waals surface area contributed by atoms with Gasteiger partial charge in [-0.05, 0) is 30.6 Å². The maximum atomic E-state index is 11.7. The van der Waals surface area contributed by atoms with Gasteiger partial charge in [-0.3, -0.25) is 4.79 Å². The molecule has 4 nitrogen and oxygen atoms in total. The lowest BCUT2D eigenvalue weighted by Gasteiger charge is -2.49. The van der Waals surface area contributed by atoms with E-state index in [1.54, 1.807) is 7.05 Å². The second kappa shape index (κ2) is 4.31. The molecule has 4 heteroatoms. The maximum Gasteiger partial charge on any atom is 0.329 e. The van der Waals surface area contributed by atoms with Gasteiger partial charge >= 0.3 is 5.97 Å². The Morgan fingerprint density at radius 1 is 1.29 bits per heavy atom. The lowest BCUT2D eigenvalue weighted by Crippen LogP contribution is -2.59. The molecule has 0 radical (unpaired) electrons. The van der Waals surface area contributed by atoms with E-state index in [1.165, 1.54) is 11.8 Å². The quantitative estimate of drug-likeness (QED) is 0.805. The van der Waals surface area contributed by atoms with E-state index in [4.69, 9.17) is 0 Å². The summed E-state index contributed by atoms with van der Waals surface area (Å²) in [6.07, 6.45) is 2.07. The fraction of sp³-hybridized carbons (Fsp3) is 0.846. The molecule has 0 spiro atoms. The minimum absolute atomic E-state index is 0.0419. The normalized spacial score (nSPS) is 31.9. The molecule has 0 saturated heterocycles. The molecule has 1 N–H and O–H groups in total. The molecule has 1 aliphatic carbocycles. The number of aliphatic carboxylic acids is 1. The van der Waals surface area contributed by atoms with Crippen LogP contribution >= 0.6 is 0 Å². The Labute approximate surface area is 103 Å². The zero-order valence-electron chi connectivity index (χ0n) is 11.4. The van der Waals surface area contributed by atoms with Crippen LogP contribution in [0.25, 0.3) is 0 Å². The van der Waals surface area contributed by atoms with E-state index in [1.807, 2.05) is 0 Å². The van der Waals surface area contributed by atoms with Gasteiger partial charge < -0.3 is 10.0 Å². The summed E-state index contributed by atoms with van der Waals surface area (Å²) < 4.78 is 0. The number of carboxylic acids is 1. The number of amides is 1. The Hall–Kier alpha value is -1.06. The summed E-state index contributed by atoms with van der Waals surface area (Å²) in [5.74, 6) is -0.747. The first kappa shape index (κ1) is 14.0. The van der Waals surface area contributed by atoms with Gasteiger partial charge in [0.25, 0.3) is 0 Å². The van der Waals surface area contributed by atoms with Crippen LogP contribution in [0.1, 0.15) is 47.0 Å². The predicted molar refractivity (Wildman–Crippen MR) is 65.6 cm³/mol. The summed E-state index contributed by atoms with van der Waals surface area (Å²) in [4.78, 5) is 24.6. The standard InChI is InChI=1S/C13H23NO3/c1-9-6-12(3,4)8-13(7-9,11(16)17)14(5)10(2)15/h9H,6-8H2,1-5H3,(H,16,17). The molecule has 17 heavy (non-hydrogen) atoms. The molecule has 0 heterocycles. The Bertz CT molecular complexity index is 338. The van der Waals surface area contributed by atoms with Crippen LogP contribution in [0.5, 0.6) is 0 Å². The zero-order valence-corrected chi connectivity index (χ0v) is 11.4. The number of hydrogen-bond donors (Lipinski definition) is 1. The van der Waals surface area contributed by atoms with Crippen LogP contribution in [0.2, 0.25) is 0 Å². The number of likely N-dealkylation sites (N-methyl/N-ethyl adjacent to an activating group) is 1. The first-order valence-corrected chi connectivity index (χ1v) is 6.08. The summed E-state index contributed by atoms with van der Waals surface area (Å²) >= 11 is 0. The van der Waals surface area contributed by atoms with E-state index in [0.29, 0.717) is 18.8 Å². The molecule has 98 valence electrons. The molecule has 0 bridgehead atoms. The highest BCUT2D eigenvalue weighted by Crippen LogP contribution is 2.46. The van der Waals surface area contributed by atoms with E-state index < -0.39 is 11.5 Å². The minimum atomic E-state index is -1.03. The zero-order chi connectivity index (χ0) is 13.4. The number of carboxylic acid groups (broad SMARTS) is 1. The fourth-order valence-electron chi connectivity index (χ4n) is 3.39. The van der Waals surface area contributed by atoms with Crippen molar-refractivity contribution in [3.05, 3.63) is 0 Å². The van der Waals surface area contributed by atoms with Gasteiger partial charge in [0, 0.05) is 14.0 Å². The van der Waals surface area contributed by atoms with Crippen LogP contribution in [-0.4, -0.2) is 34.5 Å². The SMILES string of the molecule is CC(=O)N(C)C1(C(=O)O)CC(C)CC(C)(C)C1. The van der Waals surface area contributed by atoms with E-state index in [-0.39, 0.29) is 11.3 Å². The first-order chi connectivity index (χ1) is 7.61. The van der Waals surface area contributed by atoms with Crippen LogP contribution in [-0.2, 0) is 9.59 Å². The van der Waals surface area contributed by atoms with E-state index in [2.05, 4.69) is 20.8 Å². The second-order valence-corrected chi connectivity index (χ2v) is 6.27. The van der Waals surface area contributed by atoms with Gasteiger partial charge in [0.2, 0.25) is 5.91 Å². The summed E-state index contributed by atoms with van der Waals surface area (Å²) in [5, 5.41) is 9.56. The maximum absolute atomic E-state index is 11.7. The highest BCUT2D eigenvalue weighted by molar-refractivity contribution is 5.86. The number of hydrogen-bond acceptors (Lipinski definition) is 2. The molecule has 1 rings (SSSR count). The van der Waals surface area contributed by atoms with Gasteiger partial charge in [-0.15, -0.1) is 0 Å². The van der Waals surface area contributed by atoms with Crippen molar-refractivity contribution in [2.45, 2.75) is 52.5 Å². The van der Waals surface area contributed by atoms with Crippen LogP contribution in [0, 0.1) is 11.3 Å². The highest BCUT2D eigenvalue weighted by atomic mass is 16.4. The Morgan fingerprint density at radius 3 is 2.18 bits per heavy atom. The Morgan fingerprint density at radius 2 is 1.82 bits per heavy atom. The summed E-state index contributed by atoms with van der Waals surface area (Å²) in [6, 6.07) is 0. The predicted octanol–water partition coefficient (Wildman–Crippen LogP) is 2.13. The number of carbonyl (C=O) groups excluding carboxylic acids is 1. The van der Waals surface area contributed by atoms with Crippen LogP contribution < -0.4 is 0 Å². The molecule has 1 fully saturated rings. The number of carbonyl (C=O) groups is 2. The lowest BCUT2D eigenvalue weighted by atomic mass is 9.63. The molecule has 0 aromatic rings. The molecule has 0 aromatic carbocycles. The minimum Gasteiger partial charge on any atom is -0.479 e. The van der Waals surface area contributed by atoms with Crippen LogP contribution in [0.3, 0.4) is 0 Å². The fourth-order valence-corrected chi connectivity index (χ4v) is 3.39. The van der Waals surface area contributed by atoms with Crippen LogP contribution in [0.15, 0.2) is 0 Å². The first-order valence-electron chi connectivity index (χ1n) is 6.08. The van der Waals surface area contributed by atoms with E-state index in [0.717, 1.165) is 6.42 Å². The second-order valence-electron chi connectivity index (χ2n) is 6.27. The molecule has 1 saturated carbocycles. The van der Waals surface area contributed by atoms with Crippen molar-refractivity contribution >= 4 is 11.9 Å². The largest absolute Gasteiger partial charge is 0.479 e. The molecule has 1 aliphatic rings. The van der Waals surface area contributed by atoms with Gasteiger partial charge in [-0.2, -0.15) is 0 Å². The summed E-state index contributed by atoms with van der Waals surface area (Å²) in [7, 11) is 1.60. The molecule has 2 atom stereocenters. The van der Waals surface area contributed by atoms with Crippen molar-refractivity contribution in [3.8, 4) is 0 Å². The van der Waals surface area contributed by atoms with Crippen molar-refractivity contribution in [1.29, 1.82) is 0 Å². The van der Waals surface area contributed by atoms with Gasteiger partial charge in [0.15, 0.2) is 0 Å². The summed E-state index contributed by atoms with van der Waals surface area (Å²) in [6.45, 7) is 7.65. The highest BCUT2D eigenvalue weighted by Gasteiger charge is 2.51. The molecule has 0 aliphatic heterocycles.